The van der Waals surface area contributed by atoms with Crippen molar-refractivity contribution in [2.24, 2.45) is 0 Å². The second-order valence-corrected chi connectivity index (χ2v) is 4.91. The first-order valence-corrected chi connectivity index (χ1v) is 4.68. The van der Waals surface area contributed by atoms with E-state index in [-0.39, 0.29) is 17.4 Å². The van der Waals surface area contributed by atoms with E-state index in [4.69, 9.17) is 8.84 Å². The fraction of sp³-hybridized carbons (Fsp3) is 1.00. The molecule has 1 heterocycles. The van der Waals surface area contributed by atoms with Gasteiger partial charge in [0.1, 0.15) is 5.60 Å². The molecule has 4 heteroatoms. The SMILES string of the molecule is CB1OC(C)(C)C(C)(C)OS1. The van der Waals surface area contributed by atoms with Crippen LogP contribution in [0.2, 0.25) is 6.82 Å². The molecule has 0 atom stereocenters. The summed E-state index contributed by atoms with van der Waals surface area (Å²) in [7, 11) is 0. The lowest BCUT2D eigenvalue weighted by molar-refractivity contribution is -0.0724. The molecule has 0 radical (unpaired) electrons. The van der Waals surface area contributed by atoms with Crippen LogP contribution in [0.25, 0.3) is 0 Å². The lowest BCUT2D eigenvalue weighted by Gasteiger charge is -2.45. The van der Waals surface area contributed by atoms with Crippen LogP contribution in [0.15, 0.2) is 0 Å². The summed E-state index contributed by atoms with van der Waals surface area (Å²) in [6.07, 6.45) is 0.137. The zero-order valence-corrected chi connectivity index (χ0v) is 8.62. The lowest BCUT2D eigenvalue weighted by atomic mass is 9.86. The van der Waals surface area contributed by atoms with Crippen molar-refractivity contribution in [1.29, 1.82) is 0 Å². The molecule has 0 aromatic carbocycles. The Kier molecular flexibility index (Phi) is 2.29. The Morgan fingerprint density at radius 1 is 1.09 bits per heavy atom. The zero-order valence-electron chi connectivity index (χ0n) is 7.80. The predicted molar refractivity (Wildman–Crippen MR) is 49.5 cm³/mol. The van der Waals surface area contributed by atoms with E-state index in [1.54, 1.807) is 0 Å². The van der Waals surface area contributed by atoms with E-state index in [0.29, 0.717) is 0 Å². The van der Waals surface area contributed by atoms with Crippen LogP contribution >= 0.6 is 11.9 Å². The molecule has 0 saturated carbocycles. The van der Waals surface area contributed by atoms with E-state index in [0.717, 1.165) is 0 Å². The van der Waals surface area contributed by atoms with Gasteiger partial charge >= 0.3 is 6.19 Å². The van der Waals surface area contributed by atoms with Crippen molar-refractivity contribution >= 4 is 18.1 Å². The molecular formula is C7H15BO2S. The topological polar surface area (TPSA) is 18.5 Å². The van der Waals surface area contributed by atoms with Crippen molar-refractivity contribution in [1.82, 2.24) is 0 Å². The third-order valence-corrected chi connectivity index (χ3v) is 3.18. The summed E-state index contributed by atoms with van der Waals surface area (Å²) < 4.78 is 11.3. The Morgan fingerprint density at radius 3 is 2.00 bits per heavy atom. The first kappa shape index (κ1) is 9.42. The molecule has 0 amide bonds. The maximum Gasteiger partial charge on any atom is 0.389 e. The third kappa shape index (κ3) is 1.74. The standard InChI is InChI=1S/C7H15BO2S/c1-6(2)7(3,4)10-11-8(5)9-6/h1-5H3. The molecule has 1 fully saturated rings. The maximum absolute atomic E-state index is 5.73. The second-order valence-electron chi connectivity index (χ2n) is 3.89. The smallest absolute Gasteiger partial charge is 0.389 e. The number of rotatable bonds is 0. The maximum atomic E-state index is 5.73. The van der Waals surface area contributed by atoms with Crippen LogP contribution in [0.1, 0.15) is 27.7 Å². The summed E-state index contributed by atoms with van der Waals surface area (Å²) in [4.78, 5) is 0. The first-order valence-electron chi connectivity index (χ1n) is 3.87. The fourth-order valence-electron chi connectivity index (χ4n) is 0.865. The Labute approximate surface area is 73.2 Å². The quantitative estimate of drug-likeness (QED) is 0.414. The van der Waals surface area contributed by atoms with Gasteiger partial charge in [-0.1, -0.05) is 0 Å². The van der Waals surface area contributed by atoms with E-state index in [1.807, 2.05) is 20.7 Å². The van der Waals surface area contributed by atoms with Crippen molar-refractivity contribution in [3.63, 3.8) is 0 Å². The number of hydrogen-bond acceptors (Lipinski definition) is 3. The fourth-order valence-corrected chi connectivity index (χ4v) is 1.72. The molecule has 1 aliphatic rings. The highest BCUT2D eigenvalue weighted by Crippen LogP contribution is 2.39. The summed E-state index contributed by atoms with van der Waals surface area (Å²) in [5, 5.41) is 0. The van der Waals surface area contributed by atoms with Crippen LogP contribution in [-0.2, 0) is 8.84 Å². The van der Waals surface area contributed by atoms with Crippen molar-refractivity contribution < 1.29 is 8.84 Å². The van der Waals surface area contributed by atoms with E-state index < -0.39 is 0 Å². The molecule has 0 unspecified atom stereocenters. The van der Waals surface area contributed by atoms with E-state index in [1.165, 1.54) is 11.9 Å². The number of hydrogen-bond donors (Lipinski definition) is 0. The normalized spacial score (nSPS) is 28.6. The van der Waals surface area contributed by atoms with Crippen LogP contribution in [-0.4, -0.2) is 17.4 Å². The van der Waals surface area contributed by atoms with Gasteiger partial charge in [0, 0.05) is 0 Å². The second kappa shape index (κ2) is 2.68. The zero-order chi connectivity index (χ0) is 8.70. The Bertz CT molecular complexity index is 159. The molecule has 1 aliphatic heterocycles. The minimum atomic E-state index is -0.204. The molecule has 1 rings (SSSR count). The molecule has 0 aromatic rings. The Hall–Kier alpha value is 0.335. The van der Waals surface area contributed by atoms with Crippen molar-refractivity contribution in [3.05, 3.63) is 0 Å². The van der Waals surface area contributed by atoms with Crippen LogP contribution < -0.4 is 0 Å². The van der Waals surface area contributed by atoms with E-state index >= 15 is 0 Å². The van der Waals surface area contributed by atoms with Gasteiger partial charge in [-0.25, -0.2) is 0 Å². The highest BCUT2D eigenvalue weighted by Gasteiger charge is 2.45. The van der Waals surface area contributed by atoms with Gasteiger partial charge in [0.15, 0.2) is 0 Å². The van der Waals surface area contributed by atoms with Crippen molar-refractivity contribution in [2.75, 3.05) is 0 Å². The van der Waals surface area contributed by atoms with Crippen LogP contribution in [0.4, 0.5) is 0 Å². The molecule has 64 valence electrons. The first-order chi connectivity index (χ1) is 4.85. The average molecular weight is 174 g/mol. The molecule has 11 heavy (non-hydrogen) atoms. The molecule has 1 saturated heterocycles. The Morgan fingerprint density at radius 2 is 1.64 bits per heavy atom. The van der Waals surface area contributed by atoms with Crippen LogP contribution in [0.3, 0.4) is 0 Å². The van der Waals surface area contributed by atoms with Gasteiger partial charge in [0.2, 0.25) is 0 Å². The highest BCUT2D eigenvalue weighted by molar-refractivity contribution is 8.21. The minimum absolute atomic E-state index is 0.137. The van der Waals surface area contributed by atoms with Gasteiger partial charge < -0.3 is 8.84 Å². The molecule has 0 aliphatic carbocycles. The molecule has 0 spiro atoms. The monoisotopic (exact) mass is 174 g/mol. The van der Waals surface area contributed by atoms with Crippen LogP contribution in [0, 0.1) is 0 Å². The Balaban J connectivity index is 2.72. The predicted octanol–water partition coefficient (Wildman–Crippen LogP) is 2.36. The van der Waals surface area contributed by atoms with E-state index in [2.05, 4.69) is 13.8 Å². The summed E-state index contributed by atoms with van der Waals surface area (Å²) in [5.41, 5.74) is -0.401. The van der Waals surface area contributed by atoms with Gasteiger partial charge in [0.05, 0.1) is 5.60 Å². The average Bonchev–Trinajstić information content (AvgIpc) is 1.80. The summed E-state index contributed by atoms with van der Waals surface area (Å²) >= 11 is 1.41. The molecule has 0 N–H and O–H groups in total. The summed E-state index contributed by atoms with van der Waals surface area (Å²) in [6, 6.07) is 0. The minimum Gasteiger partial charge on any atom is -0.416 e. The van der Waals surface area contributed by atoms with Gasteiger partial charge in [-0.15, -0.1) is 0 Å². The largest absolute Gasteiger partial charge is 0.416 e. The third-order valence-electron chi connectivity index (χ3n) is 2.30. The van der Waals surface area contributed by atoms with E-state index in [9.17, 15) is 0 Å². The summed E-state index contributed by atoms with van der Waals surface area (Å²) in [6.45, 7) is 10.2. The molecular weight excluding hydrogens is 159 g/mol. The van der Waals surface area contributed by atoms with Gasteiger partial charge in [0.25, 0.3) is 0 Å². The van der Waals surface area contributed by atoms with Crippen molar-refractivity contribution in [2.45, 2.75) is 45.7 Å². The lowest BCUT2D eigenvalue weighted by Crippen LogP contribution is -2.53. The molecule has 0 bridgehead atoms. The van der Waals surface area contributed by atoms with Crippen molar-refractivity contribution in [3.8, 4) is 0 Å². The molecule has 0 aromatic heterocycles. The van der Waals surface area contributed by atoms with Crippen LogP contribution in [0.5, 0.6) is 0 Å². The van der Waals surface area contributed by atoms with Gasteiger partial charge in [-0.3, -0.25) is 0 Å². The highest BCUT2D eigenvalue weighted by atomic mass is 32.2. The molecule has 2 nitrogen and oxygen atoms in total. The van der Waals surface area contributed by atoms with Gasteiger partial charge in [-0.2, -0.15) is 0 Å². The summed E-state index contributed by atoms with van der Waals surface area (Å²) in [5.74, 6) is 0. The van der Waals surface area contributed by atoms with Gasteiger partial charge in [-0.05, 0) is 46.4 Å².